The van der Waals surface area contributed by atoms with Gasteiger partial charge in [-0.05, 0) is 0 Å². The average Bonchev–Trinajstić information content (AvgIpc) is 1.72. The van der Waals surface area contributed by atoms with Crippen LogP contribution in [0.5, 0.6) is 0 Å². The second-order valence-corrected chi connectivity index (χ2v) is 0.899. The smallest absolute Gasteiger partial charge is 0.146 e. The van der Waals surface area contributed by atoms with Gasteiger partial charge in [-0.15, -0.1) is 5.48 Å². The Balaban J connectivity index is 2.26. The highest BCUT2D eigenvalue weighted by atomic mass is 16.7. The number of hydrogen-bond acceptors (Lipinski definition) is 2. The Kier molecular flexibility index (Phi) is 0.969. The van der Waals surface area contributed by atoms with Crippen LogP contribution in [0.25, 0.3) is 0 Å². The van der Waals surface area contributed by atoms with E-state index in [0.717, 1.165) is 0 Å². The summed E-state index contributed by atoms with van der Waals surface area (Å²) in [5.74, 6) is 0. The van der Waals surface area contributed by atoms with Crippen LogP contribution in [0.4, 0.5) is 0 Å². The van der Waals surface area contributed by atoms with Gasteiger partial charge in [0.1, 0.15) is 6.73 Å². The van der Waals surface area contributed by atoms with Gasteiger partial charge in [-0.1, -0.05) is 0 Å². The summed E-state index contributed by atoms with van der Waals surface area (Å²) in [7, 11) is 0. The number of nitrogens with one attached hydrogen (secondary N) is 1. The molecule has 0 saturated carbocycles. The Morgan fingerprint density at radius 3 is 3.00 bits per heavy atom. The fraction of sp³-hybridized carbons (Fsp3) is 0.333. The maximum Gasteiger partial charge on any atom is 0.146 e. The van der Waals surface area contributed by atoms with Gasteiger partial charge in [0.25, 0.3) is 0 Å². The highest BCUT2D eigenvalue weighted by Gasteiger charge is 1.84. The molecule has 3 nitrogen and oxygen atoms in total. The fourth-order valence-corrected chi connectivity index (χ4v) is 0.249. The van der Waals surface area contributed by atoms with Crippen LogP contribution in [-0.4, -0.2) is 6.73 Å². The average molecular weight is 85.1 g/mol. The molecule has 1 heterocycles. The molecule has 0 aliphatic carbocycles. The normalized spacial score (nSPS) is 18.7. The predicted molar refractivity (Wildman–Crippen MR) is 20.4 cm³/mol. The quantitative estimate of drug-likeness (QED) is 0.432. The zero-order chi connectivity index (χ0) is 4.24. The summed E-state index contributed by atoms with van der Waals surface area (Å²) in [4.78, 5) is 4.50. The molecule has 1 rings (SSSR count). The number of hydrogen-bond donors (Lipinski definition) is 1. The third-order valence-electron chi connectivity index (χ3n) is 0.476. The van der Waals surface area contributed by atoms with Crippen molar-refractivity contribution >= 4 is 0 Å². The van der Waals surface area contributed by atoms with Gasteiger partial charge in [-0.2, -0.15) is 0 Å². The van der Waals surface area contributed by atoms with Crippen LogP contribution in [0.1, 0.15) is 0 Å². The van der Waals surface area contributed by atoms with Gasteiger partial charge in [-0.25, -0.2) is 4.84 Å². The molecular weight excluding hydrogens is 80.0 g/mol. The van der Waals surface area contributed by atoms with Gasteiger partial charge < -0.3 is 5.32 Å². The summed E-state index contributed by atoms with van der Waals surface area (Å²) < 4.78 is 0. The summed E-state index contributed by atoms with van der Waals surface area (Å²) >= 11 is 0. The minimum Gasteiger partial charge on any atom is -0.365 e. The predicted octanol–water partition coefficient (Wildman–Crippen LogP) is -0.446. The molecular formula is C3H5N2O. The maximum atomic E-state index is 4.50. The summed E-state index contributed by atoms with van der Waals surface area (Å²) in [6.07, 6.45) is 3.28. The lowest BCUT2D eigenvalue weighted by Gasteiger charge is -2.02. The number of nitrogens with zero attached hydrogens (tertiary/aromatic N) is 1. The third kappa shape index (κ3) is 0.621. The first-order valence-electron chi connectivity index (χ1n) is 1.71. The van der Waals surface area contributed by atoms with Crippen molar-refractivity contribution in [1.82, 2.24) is 10.8 Å². The number of hydroxylamine groups is 1. The van der Waals surface area contributed by atoms with E-state index in [4.69, 9.17) is 0 Å². The molecule has 0 bridgehead atoms. The third-order valence-corrected chi connectivity index (χ3v) is 0.476. The Morgan fingerprint density at radius 1 is 1.83 bits per heavy atom. The molecule has 33 valence electrons. The van der Waals surface area contributed by atoms with E-state index < -0.39 is 0 Å². The molecule has 0 amide bonds. The Hall–Kier alpha value is -0.700. The second kappa shape index (κ2) is 1.67. The van der Waals surface area contributed by atoms with Crippen molar-refractivity contribution in [3.63, 3.8) is 0 Å². The molecule has 0 aromatic heterocycles. The molecule has 0 saturated heterocycles. The van der Waals surface area contributed by atoms with Crippen LogP contribution >= 0.6 is 0 Å². The minimum atomic E-state index is 0.497. The van der Waals surface area contributed by atoms with Crippen molar-refractivity contribution in [2.75, 3.05) is 6.73 Å². The first-order valence-corrected chi connectivity index (χ1v) is 1.71. The molecule has 6 heavy (non-hydrogen) atoms. The van der Waals surface area contributed by atoms with Crippen molar-refractivity contribution in [1.29, 1.82) is 0 Å². The Morgan fingerprint density at radius 2 is 2.83 bits per heavy atom. The second-order valence-electron chi connectivity index (χ2n) is 0.899. The molecule has 1 N–H and O–H groups in total. The fourth-order valence-electron chi connectivity index (χ4n) is 0.249. The van der Waals surface area contributed by atoms with E-state index in [0.29, 0.717) is 6.73 Å². The summed E-state index contributed by atoms with van der Waals surface area (Å²) in [6, 6.07) is 0. The highest BCUT2D eigenvalue weighted by molar-refractivity contribution is 4.73. The van der Waals surface area contributed by atoms with E-state index in [1.807, 2.05) is 0 Å². The van der Waals surface area contributed by atoms with Crippen LogP contribution in [0.15, 0.2) is 12.4 Å². The lowest BCUT2D eigenvalue weighted by Crippen LogP contribution is -2.18. The standard InChI is InChI=1S/C3H5N2O/c1-2-5-6-3-4-1/h1-2,4H,3H2. The molecule has 0 aromatic carbocycles. The van der Waals surface area contributed by atoms with E-state index in [9.17, 15) is 0 Å². The van der Waals surface area contributed by atoms with Crippen molar-refractivity contribution in [2.45, 2.75) is 0 Å². The highest BCUT2D eigenvalue weighted by Crippen LogP contribution is 1.73. The number of rotatable bonds is 0. The van der Waals surface area contributed by atoms with Crippen LogP contribution in [0, 0.1) is 0 Å². The first-order chi connectivity index (χ1) is 3.00. The van der Waals surface area contributed by atoms with E-state index >= 15 is 0 Å². The van der Waals surface area contributed by atoms with Gasteiger partial charge in [0, 0.05) is 6.20 Å². The van der Waals surface area contributed by atoms with Gasteiger partial charge in [-0.3, -0.25) is 0 Å². The summed E-state index contributed by atoms with van der Waals surface area (Å²) in [5, 5.41) is 2.79. The summed E-state index contributed by atoms with van der Waals surface area (Å²) in [6.45, 7) is 0.497. The molecule has 0 unspecified atom stereocenters. The summed E-state index contributed by atoms with van der Waals surface area (Å²) in [5.41, 5.74) is 3.43. The lowest BCUT2D eigenvalue weighted by atomic mass is 10.9. The Bertz CT molecular complexity index is 53.8. The zero-order valence-corrected chi connectivity index (χ0v) is 3.22. The van der Waals surface area contributed by atoms with Crippen LogP contribution in [0.3, 0.4) is 0 Å². The van der Waals surface area contributed by atoms with E-state index in [1.165, 1.54) is 0 Å². The van der Waals surface area contributed by atoms with Crippen molar-refractivity contribution in [3.8, 4) is 0 Å². The van der Waals surface area contributed by atoms with Crippen molar-refractivity contribution in [2.24, 2.45) is 0 Å². The molecule has 1 aliphatic heterocycles. The largest absolute Gasteiger partial charge is 0.365 e. The first kappa shape index (κ1) is 3.49. The molecule has 0 aromatic rings. The SMILES string of the molecule is C1=CNCO[N]1. The molecule has 1 aliphatic rings. The van der Waals surface area contributed by atoms with Crippen molar-refractivity contribution < 1.29 is 4.84 Å². The molecule has 1 radical (unpaired) electrons. The van der Waals surface area contributed by atoms with E-state index in [2.05, 4.69) is 15.6 Å². The van der Waals surface area contributed by atoms with E-state index in [-0.39, 0.29) is 0 Å². The van der Waals surface area contributed by atoms with E-state index in [1.54, 1.807) is 12.4 Å². The molecule has 0 fully saturated rings. The molecule has 0 spiro atoms. The molecule has 0 atom stereocenters. The maximum absolute atomic E-state index is 4.50. The van der Waals surface area contributed by atoms with Gasteiger partial charge >= 0.3 is 0 Å². The van der Waals surface area contributed by atoms with Crippen LogP contribution in [0.2, 0.25) is 0 Å². The van der Waals surface area contributed by atoms with Crippen molar-refractivity contribution in [3.05, 3.63) is 12.4 Å². The topological polar surface area (TPSA) is 35.4 Å². The van der Waals surface area contributed by atoms with Gasteiger partial charge in [0.05, 0.1) is 6.20 Å². The van der Waals surface area contributed by atoms with Crippen LogP contribution in [-0.2, 0) is 4.84 Å². The van der Waals surface area contributed by atoms with Gasteiger partial charge in [0.15, 0.2) is 0 Å². The zero-order valence-electron chi connectivity index (χ0n) is 3.22. The molecule has 3 heteroatoms. The minimum absolute atomic E-state index is 0.497. The van der Waals surface area contributed by atoms with Gasteiger partial charge in [0.2, 0.25) is 0 Å². The lowest BCUT2D eigenvalue weighted by molar-refractivity contribution is 0.0454. The van der Waals surface area contributed by atoms with Crippen LogP contribution < -0.4 is 10.8 Å². The Labute approximate surface area is 35.9 Å². The monoisotopic (exact) mass is 85.0 g/mol.